The molecule has 1 aliphatic heterocycles. The maximum Gasteiger partial charge on any atom is 0.169 e. The molecule has 0 spiro atoms. The van der Waals surface area contributed by atoms with Crippen molar-refractivity contribution >= 4 is 23.1 Å². The Morgan fingerprint density at radius 3 is 3.15 bits per heavy atom. The molecular formula is C9H9ClN2O. The van der Waals surface area contributed by atoms with E-state index < -0.39 is 0 Å². The van der Waals surface area contributed by atoms with Crippen LogP contribution in [0.15, 0.2) is 6.07 Å². The number of aromatic nitrogens is 1. The van der Waals surface area contributed by atoms with Crippen molar-refractivity contribution in [3.63, 3.8) is 0 Å². The van der Waals surface area contributed by atoms with E-state index in [2.05, 4.69) is 10.3 Å². The highest BCUT2D eigenvalue weighted by Crippen LogP contribution is 2.27. The topological polar surface area (TPSA) is 42.0 Å². The lowest BCUT2D eigenvalue weighted by atomic mass is 10.0. The number of aryl methyl sites for hydroxylation is 1. The second kappa shape index (κ2) is 3.00. The molecule has 0 saturated carbocycles. The molecular weight excluding hydrogens is 188 g/mol. The lowest BCUT2D eigenvalue weighted by Gasteiger charge is -2.17. The van der Waals surface area contributed by atoms with Gasteiger partial charge in [-0.2, -0.15) is 0 Å². The first-order chi connectivity index (χ1) is 6.18. The number of halogens is 1. The van der Waals surface area contributed by atoms with Gasteiger partial charge in [0.1, 0.15) is 5.15 Å². The third-order valence-electron chi connectivity index (χ3n) is 2.05. The van der Waals surface area contributed by atoms with Gasteiger partial charge in [0.05, 0.1) is 5.56 Å². The summed E-state index contributed by atoms with van der Waals surface area (Å²) in [5.74, 6) is 0.0752. The van der Waals surface area contributed by atoms with E-state index in [-0.39, 0.29) is 5.78 Å². The molecule has 3 nitrogen and oxygen atoms in total. The zero-order chi connectivity index (χ0) is 9.42. The Labute approximate surface area is 81.1 Å². The van der Waals surface area contributed by atoms with Crippen molar-refractivity contribution in [1.29, 1.82) is 0 Å². The largest absolute Gasteiger partial charge is 0.384 e. The molecule has 2 rings (SSSR count). The standard InChI is InChI=1S/C9H9ClN2O/c1-5-4-6-8(9(10)12-5)7(13)2-3-11-6/h4,11H,2-3H2,1H3. The number of carbonyl (C=O) groups excluding carboxylic acids is 1. The van der Waals surface area contributed by atoms with Gasteiger partial charge in [-0.05, 0) is 13.0 Å². The number of carbonyl (C=O) groups is 1. The summed E-state index contributed by atoms with van der Waals surface area (Å²) in [6.45, 7) is 2.54. The van der Waals surface area contributed by atoms with Crippen LogP contribution < -0.4 is 5.32 Å². The number of anilines is 1. The number of nitrogens with zero attached hydrogens (tertiary/aromatic N) is 1. The highest BCUT2D eigenvalue weighted by atomic mass is 35.5. The molecule has 0 aromatic carbocycles. The minimum Gasteiger partial charge on any atom is -0.384 e. The first-order valence-corrected chi connectivity index (χ1v) is 4.50. The van der Waals surface area contributed by atoms with Crippen LogP contribution in [0.1, 0.15) is 22.5 Å². The van der Waals surface area contributed by atoms with Crippen molar-refractivity contribution in [3.05, 3.63) is 22.5 Å². The van der Waals surface area contributed by atoms with Crippen molar-refractivity contribution < 1.29 is 4.79 Å². The normalized spacial score (nSPS) is 15.1. The van der Waals surface area contributed by atoms with E-state index in [9.17, 15) is 4.79 Å². The van der Waals surface area contributed by atoms with Gasteiger partial charge in [-0.15, -0.1) is 0 Å². The second-order valence-electron chi connectivity index (χ2n) is 3.08. The van der Waals surface area contributed by atoms with Gasteiger partial charge in [0, 0.05) is 24.3 Å². The van der Waals surface area contributed by atoms with Gasteiger partial charge in [-0.25, -0.2) is 4.98 Å². The van der Waals surface area contributed by atoms with Crippen LogP contribution in [-0.4, -0.2) is 17.3 Å². The van der Waals surface area contributed by atoms with E-state index in [1.165, 1.54) is 0 Å². The minimum atomic E-state index is 0.0752. The van der Waals surface area contributed by atoms with Crippen LogP contribution in [0.4, 0.5) is 5.69 Å². The summed E-state index contributed by atoms with van der Waals surface area (Å²) in [7, 11) is 0. The molecule has 1 N–H and O–H groups in total. The number of rotatable bonds is 0. The first-order valence-electron chi connectivity index (χ1n) is 4.12. The Bertz CT molecular complexity index is 376. The fraction of sp³-hybridized carbons (Fsp3) is 0.333. The molecule has 68 valence electrons. The lowest BCUT2D eigenvalue weighted by Crippen LogP contribution is -2.19. The molecule has 4 heteroatoms. The van der Waals surface area contributed by atoms with E-state index in [4.69, 9.17) is 11.6 Å². The molecule has 0 unspecified atom stereocenters. The molecule has 0 bridgehead atoms. The highest BCUT2D eigenvalue weighted by molar-refractivity contribution is 6.33. The van der Waals surface area contributed by atoms with Gasteiger partial charge in [0.25, 0.3) is 0 Å². The molecule has 1 aromatic rings. The molecule has 2 heterocycles. The summed E-state index contributed by atoms with van der Waals surface area (Å²) in [5.41, 5.74) is 2.18. The summed E-state index contributed by atoms with van der Waals surface area (Å²) in [5, 5.41) is 3.44. The van der Waals surface area contributed by atoms with Crippen molar-refractivity contribution in [1.82, 2.24) is 4.98 Å². The second-order valence-corrected chi connectivity index (χ2v) is 3.43. The predicted octanol–water partition coefficient (Wildman–Crippen LogP) is 2.04. The quantitative estimate of drug-likeness (QED) is 0.646. The number of ketones is 1. The van der Waals surface area contributed by atoms with E-state index in [0.29, 0.717) is 23.7 Å². The number of nitrogens with one attached hydrogen (secondary N) is 1. The maximum absolute atomic E-state index is 11.5. The van der Waals surface area contributed by atoms with Crippen LogP contribution in [0.2, 0.25) is 5.15 Å². The average Bonchev–Trinajstić information content (AvgIpc) is 2.02. The molecule has 1 aliphatic rings. The third kappa shape index (κ3) is 1.40. The Kier molecular flexibility index (Phi) is 1.96. The molecule has 0 amide bonds. The predicted molar refractivity (Wildman–Crippen MR) is 51.4 cm³/mol. The molecule has 1 aromatic heterocycles. The molecule has 0 saturated heterocycles. The van der Waals surface area contributed by atoms with Gasteiger partial charge in [-0.1, -0.05) is 11.6 Å². The highest BCUT2D eigenvalue weighted by Gasteiger charge is 2.20. The van der Waals surface area contributed by atoms with Gasteiger partial charge in [-0.3, -0.25) is 4.79 Å². The Morgan fingerprint density at radius 1 is 1.62 bits per heavy atom. The SMILES string of the molecule is Cc1cc2c(c(Cl)n1)C(=O)CCN2. The number of fused-ring (bicyclic) bond motifs is 1. The van der Waals surface area contributed by atoms with Gasteiger partial charge in [0.2, 0.25) is 0 Å². The van der Waals surface area contributed by atoms with Crippen LogP contribution in [0.3, 0.4) is 0 Å². The molecule has 0 atom stereocenters. The third-order valence-corrected chi connectivity index (χ3v) is 2.32. The van der Waals surface area contributed by atoms with Gasteiger partial charge < -0.3 is 5.32 Å². The smallest absolute Gasteiger partial charge is 0.169 e. The summed E-state index contributed by atoms with van der Waals surface area (Å²) < 4.78 is 0. The van der Waals surface area contributed by atoms with Crippen molar-refractivity contribution in [2.45, 2.75) is 13.3 Å². The average molecular weight is 197 g/mol. The van der Waals surface area contributed by atoms with Crippen LogP contribution >= 0.6 is 11.6 Å². The Hall–Kier alpha value is -1.09. The van der Waals surface area contributed by atoms with Gasteiger partial charge in [0.15, 0.2) is 5.78 Å². The number of Topliss-reactive ketones (excluding diaryl/α,β-unsaturated/α-hetero) is 1. The molecule has 0 aliphatic carbocycles. The molecule has 0 radical (unpaired) electrons. The van der Waals surface area contributed by atoms with E-state index >= 15 is 0 Å². The number of pyridine rings is 1. The summed E-state index contributed by atoms with van der Waals surface area (Å²) in [6, 6.07) is 1.85. The van der Waals surface area contributed by atoms with E-state index in [0.717, 1.165) is 11.4 Å². The number of hydrogen-bond donors (Lipinski definition) is 1. The van der Waals surface area contributed by atoms with Gasteiger partial charge >= 0.3 is 0 Å². The maximum atomic E-state index is 11.5. The van der Waals surface area contributed by atoms with Crippen molar-refractivity contribution in [3.8, 4) is 0 Å². The van der Waals surface area contributed by atoms with Crippen molar-refractivity contribution in [2.75, 3.05) is 11.9 Å². The number of hydrogen-bond acceptors (Lipinski definition) is 3. The molecule has 0 fully saturated rings. The van der Waals surface area contributed by atoms with E-state index in [1.54, 1.807) is 0 Å². The summed E-state index contributed by atoms with van der Waals surface area (Å²) in [4.78, 5) is 15.5. The lowest BCUT2D eigenvalue weighted by molar-refractivity contribution is 0.0983. The van der Waals surface area contributed by atoms with Crippen LogP contribution in [0.25, 0.3) is 0 Å². The monoisotopic (exact) mass is 196 g/mol. The van der Waals surface area contributed by atoms with Crippen LogP contribution in [0.5, 0.6) is 0 Å². The molecule has 13 heavy (non-hydrogen) atoms. The fourth-order valence-electron chi connectivity index (χ4n) is 1.48. The summed E-state index contributed by atoms with van der Waals surface area (Å²) in [6.07, 6.45) is 0.497. The van der Waals surface area contributed by atoms with Crippen LogP contribution in [-0.2, 0) is 0 Å². The first kappa shape index (κ1) is 8.51. The zero-order valence-electron chi connectivity index (χ0n) is 7.22. The zero-order valence-corrected chi connectivity index (χ0v) is 7.98. The van der Waals surface area contributed by atoms with Crippen molar-refractivity contribution in [2.24, 2.45) is 0 Å². The van der Waals surface area contributed by atoms with E-state index in [1.807, 2.05) is 13.0 Å². The Morgan fingerprint density at radius 2 is 2.38 bits per heavy atom. The fourth-order valence-corrected chi connectivity index (χ4v) is 1.82. The van der Waals surface area contributed by atoms with Crippen LogP contribution in [0, 0.1) is 6.92 Å². The summed E-state index contributed by atoms with van der Waals surface area (Å²) >= 11 is 5.87. The Balaban J connectivity index is 2.63. The minimum absolute atomic E-state index is 0.0752.